The minimum absolute atomic E-state index is 0.198. The smallest absolute Gasteiger partial charge is 0.251 e. The lowest BCUT2D eigenvalue weighted by atomic mass is 10.1. The molecule has 2 rings (SSSR count). The van der Waals surface area contributed by atoms with Crippen LogP contribution >= 0.6 is 23.2 Å². The van der Waals surface area contributed by atoms with Crippen molar-refractivity contribution in [1.29, 1.82) is 0 Å². The van der Waals surface area contributed by atoms with Crippen LogP contribution in [-0.2, 0) is 0 Å². The maximum Gasteiger partial charge on any atom is 0.251 e. The lowest BCUT2D eigenvalue weighted by Gasteiger charge is -2.10. The highest BCUT2D eigenvalue weighted by Gasteiger charge is 2.29. The van der Waals surface area contributed by atoms with Crippen LogP contribution in [-0.4, -0.2) is 23.7 Å². The number of aliphatic hydroxyl groups excluding tert-OH is 1. The van der Waals surface area contributed by atoms with E-state index in [0.29, 0.717) is 34.5 Å². The number of carbonyl (C=O) groups excluding carboxylic acids is 1. The molecule has 98 valence electrons. The van der Waals surface area contributed by atoms with Gasteiger partial charge in [-0.25, -0.2) is 0 Å². The Labute approximate surface area is 116 Å². The van der Waals surface area contributed by atoms with E-state index in [4.69, 9.17) is 23.2 Å². The largest absolute Gasteiger partial charge is 0.393 e. The van der Waals surface area contributed by atoms with Crippen LogP contribution in [0.2, 0.25) is 10.0 Å². The standard InChI is InChI=1S/C13H15Cl2NO2/c14-10-4-3-9(7-11(10)15)13(18)16-6-5-12(17)8-1-2-8/h3-4,7-8,12,17H,1-2,5-6H2,(H,16,18)/t12-/m0/s1. The lowest BCUT2D eigenvalue weighted by molar-refractivity contribution is 0.0937. The van der Waals surface area contributed by atoms with Gasteiger partial charge < -0.3 is 10.4 Å². The van der Waals surface area contributed by atoms with Gasteiger partial charge in [0.25, 0.3) is 5.91 Å². The summed E-state index contributed by atoms with van der Waals surface area (Å²) in [5.74, 6) is 0.239. The first kappa shape index (κ1) is 13.7. The Morgan fingerprint density at radius 1 is 1.39 bits per heavy atom. The second-order valence-corrected chi connectivity index (χ2v) is 5.39. The second kappa shape index (κ2) is 5.91. The molecule has 0 bridgehead atoms. The summed E-state index contributed by atoms with van der Waals surface area (Å²) in [6.07, 6.45) is 2.50. The van der Waals surface area contributed by atoms with E-state index >= 15 is 0 Å². The SMILES string of the molecule is O=C(NCC[C@H](O)C1CC1)c1ccc(Cl)c(Cl)c1. The lowest BCUT2D eigenvalue weighted by Crippen LogP contribution is -2.27. The average Bonchev–Trinajstić information content (AvgIpc) is 3.16. The van der Waals surface area contributed by atoms with Crippen LogP contribution in [0.15, 0.2) is 18.2 Å². The van der Waals surface area contributed by atoms with Crippen molar-refractivity contribution in [2.45, 2.75) is 25.4 Å². The van der Waals surface area contributed by atoms with Gasteiger partial charge in [-0.05, 0) is 43.4 Å². The van der Waals surface area contributed by atoms with E-state index in [1.165, 1.54) is 6.07 Å². The molecular formula is C13H15Cl2NO2. The normalized spacial score (nSPS) is 16.4. The molecule has 1 aromatic carbocycles. The first-order valence-electron chi connectivity index (χ1n) is 5.99. The summed E-state index contributed by atoms with van der Waals surface area (Å²) in [7, 11) is 0. The van der Waals surface area contributed by atoms with Crippen molar-refractivity contribution in [2.75, 3.05) is 6.54 Å². The molecule has 1 fully saturated rings. The molecule has 5 heteroatoms. The van der Waals surface area contributed by atoms with Crippen LogP contribution in [0.3, 0.4) is 0 Å². The second-order valence-electron chi connectivity index (χ2n) is 4.58. The molecule has 0 spiro atoms. The third-order valence-electron chi connectivity index (χ3n) is 3.07. The van der Waals surface area contributed by atoms with Gasteiger partial charge in [-0.2, -0.15) is 0 Å². The number of benzene rings is 1. The van der Waals surface area contributed by atoms with Crippen LogP contribution in [0.25, 0.3) is 0 Å². The molecule has 0 aromatic heterocycles. The van der Waals surface area contributed by atoms with Crippen molar-refractivity contribution in [3.05, 3.63) is 33.8 Å². The Morgan fingerprint density at radius 2 is 2.11 bits per heavy atom. The number of hydrogen-bond acceptors (Lipinski definition) is 2. The minimum Gasteiger partial charge on any atom is -0.393 e. The van der Waals surface area contributed by atoms with Crippen molar-refractivity contribution >= 4 is 29.1 Å². The van der Waals surface area contributed by atoms with Gasteiger partial charge in [0.15, 0.2) is 0 Å². The molecule has 18 heavy (non-hydrogen) atoms. The Balaban J connectivity index is 1.81. The summed E-state index contributed by atoms with van der Waals surface area (Å²) < 4.78 is 0. The molecule has 0 heterocycles. The molecule has 1 amide bonds. The third-order valence-corrected chi connectivity index (χ3v) is 3.81. The summed E-state index contributed by atoms with van der Waals surface area (Å²) in [5.41, 5.74) is 0.477. The molecule has 0 radical (unpaired) electrons. The van der Waals surface area contributed by atoms with E-state index in [2.05, 4.69) is 5.32 Å². The Kier molecular flexibility index (Phi) is 4.49. The number of amides is 1. The molecular weight excluding hydrogens is 273 g/mol. The number of rotatable bonds is 5. The van der Waals surface area contributed by atoms with Gasteiger partial charge in [0, 0.05) is 12.1 Å². The molecule has 0 unspecified atom stereocenters. The Morgan fingerprint density at radius 3 is 2.72 bits per heavy atom. The Bertz CT molecular complexity index is 447. The molecule has 3 nitrogen and oxygen atoms in total. The van der Waals surface area contributed by atoms with Gasteiger partial charge >= 0.3 is 0 Å². The maximum absolute atomic E-state index is 11.8. The van der Waals surface area contributed by atoms with Crippen molar-refractivity contribution in [1.82, 2.24) is 5.32 Å². The molecule has 1 aliphatic carbocycles. The van der Waals surface area contributed by atoms with Gasteiger partial charge in [0.2, 0.25) is 0 Å². The summed E-state index contributed by atoms with van der Waals surface area (Å²) in [5, 5.41) is 13.2. The summed E-state index contributed by atoms with van der Waals surface area (Å²) in [6.45, 7) is 0.469. The van der Waals surface area contributed by atoms with Crippen molar-refractivity contribution in [3.63, 3.8) is 0 Å². The van der Waals surface area contributed by atoms with Crippen LogP contribution < -0.4 is 5.32 Å². The predicted octanol–water partition coefficient (Wildman–Crippen LogP) is 2.88. The maximum atomic E-state index is 11.8. The zero-order chi connectivity index (χ0) is 13.1. The monoisotopic (exact) mass is 287 g/mol. The quantitative estimate of drug-likeness (QED) is 0.875. The number of nitrogens with one attached hydrogen (secondary N) is 1. The fourth-order valence-corrected chi connectivity index (χ4v) is 2.09. The van der Waals surface area contributed by atoms with E-state index in [0.717, 1.165) is 12.8 Å². The molecule has 1 saturated carbocycles. The number of halogens is 2. The van der Waals surface area contributed by atoms with E-state index in [1.54, 1.807) is 12.1 Å². The number of carbonyl (C=O) groups is 1. The summed E-state index contributed by atoms with van der Waals surface area (Å²) in [4.78, 5) is 11.8. The van der Waals surface area contributed by atoms with Crippen molar-refractivity contribution in [3.8, 4) is 0 Å². The van der Waals surface area contributed by atoms with Crippen LogP contribution in [0, 0.1) is 5.92 Å². The minimum atomic E-state index is -0.292. The van der Waals surface area contributed by atoms with E-state index < -0.39 is 0 Å². The molecule has 0 saturated heterocycles. The third kappa shape index (κ3) is 3.61. The highest BCUT2D eigenvalue weighted by atomic mass is 35.5. The van der Waals surface area contributed by atoms with Gasteiger partial charge in [-0.3, -0.25) is 4.79 Å². The first-order chi connectivity index (χ1) is 8.58. The van der Waals surface area contributed by atoms with Crippen molar-refractivity contribution < 1.29 is 9.90 Å². The highest BCUT2D eigenvalue weighted by Crippen LogP contribution is 2.33. The van der Waals surface area contributed by atoms with Gasteiger partial charge in [0.1, 0.15) is 0 Å². The van der Waals surface area contributed by atoms with Crippen LogP contribution in [0.1, 0.15) is 29.6 Å². The fraction of sp³-hybridized carbons (Fsp3) is 0.462. The Hall–Kier alpha value is -0.770. The molecule has 1 atom stereocenters. The first-order valence-corrected chi connectivity index (χ1v) is 6.75. The topological polar surface area (TPSA) is 49.3 Å². The van der Waals surface area contributed by atoms with Gasteiger partial charge in [-0.1, -0.05) is 23.2 Å². The predicted molar refractivity (Wildman–Crippen MR) is 72.1 cm³/mol. The van der Waals surface area contributed by atoms with Crippen LogP contribution in [0.4, 0.5) is 0 Å². The average molecular weight is 288 g/mol. The molecule has 0 aliphatic heterocycles. The van der Waals surface area contributed by atoms with Crippen molar-refractivity contribution in [2.24, 2.45) is 5.92 Å². The highest BCUT2D eigenvalue weighted by molar-refractivity contribution is 6.42. The fourth-order valence-electron chi connectivity index (χ4n) is 1.79. The molecule has 2 N–H and O–H groups in total. The molecule has 1 aromatic rings. The zero-order valence-electron chi connectivity index (χ0n) is 9.83. The number of hydrogen-bond donors (Lipinski definition) is 2. The zero-order valence-corrected chi connectivity index (χ0v) is 11.3. The number of aliphatic hydroxyl groups is 1. The van der Waals surface area contributed by atoms with Crippen LogP contribution in [0.5, 0.6) is 0 Å². The summed E-state index contributed by atoms with van der Waals surface area (Å²) >= 11 is 11.6. The van der Waals surface area contributed by atoms with Gasteiger partial charge in [-0.15, -0.1) is 0 Å². The van der Waals surface area contributed by atoms with E-state index in [1.807, 2.05) is 0 Å². The molecule has 1 aliphatic rings. The van der Waals surface area contributed by atoms with E-state index in [-0.39, 0.29) is 12.0 Å². The van der Waals surface area contributed by atoms with E-state index in [9.17, 15) is 9.90 Å². The van der Waals surface area contributed by atoms with Gasteiger partial charge in [0.05, 0.1) is 16.1 Å². The summed E-state index contributed by atoms with van der Waals surface area (Å²) in [6, 6.07) is 4.76.